The van der Waals surface area contributed by atoms with Crippen LogP contribution >= 0.6 is 11.6 Å². The lowest BCUT2D eigenvalue weighted by Crippen LogP contribution is -2.24. The maximum atomic E-state index is 11.9. The van der Waals surface area contributed by atoms with Gasteiger partial charge in [0.1, 0.15) is 5.60 Å². The number of carbonyl (C=O) groups is 1. The van der Waals surface area contributed by atoms with Crippen molar-refractivity contribution in [1.82, 2.24) is 0 Å². The number of ether oxygens (including phenoxy) is 1. The van der Waals surface area contributed by atoms with Crippen LogP contribution in [0.15, 0.2) is 12.1 Å². The Hall–Kier alpha value is -1.02. The lowest BCUT2D eigenvalue weighted by atomic mass is 10.0. The molecule has 0 bridgehead atoms. The van der Waals surface area contributed by atoms with E-state index in [-0.39, 0.29) is 5.97 Å². The van der Waals surface area contributed by atoms with E-state index >= 15 is 0 Å². The Kier molecular flexibility index (Phi) is 3.64. The number of esters is 1. The van der Waals surface area contributed by atoms with Crippen LogP contribution in [0.1, 0.15) is 42.3 Å². The molecule has 0 N–H and O–H groups in total. The predicted octanol–water partition coefficient (Wildman–Crippen LogP) is 3.91. The van der Waals surface area contributed by atoms with E-state index in [9.17, 15) is 4.79 Å². The first-order valence-corrected chi connectivity index (χ1v) is 5.58. The second-order valence-electron chi connectivity index (χ2n) is 4.92. The summed E-state index contributed by atoms with van der Waals surface area (Å²) in [5.41, 5.74) is 1.83. The van der Waals surface area contributed by atoms with Crippen LogP contribution in [0.4, 0.5) is 0 Å². The molecular formula is C13H17ClO2. The first-order valence-electron chi connectivity index (χ1n) is 5.21. The fourth-order valence-electron chi connectivity index (χ4n) is 1.56. The molecule has 0 aliphatic carbocycles. The molecule has 0 fully saturated rings. The lowest BCUT2D eigenvalue weighted by Gasteiger charge is -2.21. The van der Waals surface area contributed by atoms with E-state index in [2.05, 4.69) is 0 Å². The van der Waals surface area contributed by atoms with E-state index < -0.39 is 5.60 Å². The van der Waals surface area contributed by atoms with Crippen molar-refractivity contribution >= 4 is 17.6 Å². The van der Waals surface area contributed by atoms with Crippen molar-refractivity contribution in [1.29, 1.82) is 0 Å². The fraction of sp³-hybridized carbons (Fsp3) is 0.462. The molecule has 0 aliphatic rings. The van der Waals surface area contributed by atoms with Crippen molar-refractivity contribution in [3.8, 4) is 0 Å². The van der Waals surface area contributed by atoms with Gasteiger partial charge in [-0.25, -0.2) is 4.79 Å². The van der Waals surface area contributed by atoms with Gasteiger partial charge in [0.25, 0.3) is 0 Å². The van der Waals surface area contributed by atoms with Crippen LogP contribution in [0, 0.1) is 13.8 Å². The third-order valence-electron chi connectivity index (χ3n) is 2.10. The number of rotatable bonds is 1. The number of benzene rings is 1. The molecule has 0 atom stereocenters. The van der Waals surface area contributed by atoms with Crippen molar-refractivity contribution in [2.75, 3.05) is 0 Å². The summed E-state index contributed by atoms with van der Waals surface area (Å²) < 4.78 is 5.34. The standard InChI is InChI=1S/C13H17ClO2/c1-8-6-10(14)7-9(2)11(8)12(15)16-13(3,4)5/h6-7H,1-5H3. The molecule has 0 radical (unpaired) electrons. The Balaban J connectivity index is 3.10. The molecular weight excluding hydrogens is 224 g/mol. The smallest absolute Gasteiger partial charge is 0.339 e. The van der Waals surface area contributed by atoms with Gasteiger partial charge >= 0.3 is 5.97 Å². The highest BCUT2D eigenvalue weighted by molar-refractivity contribution is 6.30. The minimum atomic E-state index is -0.477. The van der Waals surface area contributed by atoms with Crippen molar-refractivity contribution in [2.24, 2.45) is 0 Å². The Morgan fingerprint density at radius 3 is 2.00 bits per heavy atom. The number of aryl methyl sites for hydroxylation is 2. The van der Waals surface area contributed by atoms with Gasteiger partial charge in [-0.2, -0.15) is 0 Å². The summed E-state index contributed by atoms with van der Waals surface area (Å²) in [7, 11) is 0. The topological polar surface area (TPSA) is 26.3 Å². The zero-order valence-corrected chi connectivity index (χ0v) is 11.1. The number of carbonyl (C=O) groups excluding carboxylic acids is 1. The van der Waals surface area contributed by atoms with Gasteiger partial charge in [0.2, 0.25) is 0 Å². The second-order valence-corrected chi connectivity index (χ2v) is 5.35. The normalized spacial score (nSPS) is 11.4. The Morgan fingerprint density at radius 1 is 1.19 bits per heavy atom. The van der Waals surface area contributed by atoms with Crippen molar-refractivity contribution in [2.45, 2.75) is 40.2 Å². The summed E-state index contributed by atoms with van der Waals surface area (Å²) in [6.07, 6.45) is 0. The quantitative estimate of drug-likeness (QED) is 0.696. The molecule has 0 amide bonds. The summed E-state index contributed by atoms with van der Waals surface area (Å²) in [6.45, 7) is 9.28. The van der Waals surface area contributed by atoms with Gasteiger partial charge in [-0.3, -0.25) is 0 Å². The number of hydrogen-bond acceptors (Lipinski definition) is 2. The average Bonchev–Trinajstić information content (AvgIpc) is 1.96. The highest BCUT2D eigenvalue weighted by Gasteiger charge is 2.21. The maximum absolute atomic E-state index is 11.9. The summed E-state index contributed by atoms with van der Waals surface area (Å²) in [4.78, 5) is 11.9. The van der Waals surface area contributed by atoms with Gasteiger partial charge in [0.15, 0.2) is 0 Å². The van der Waals surface area contributed by atoms with Crippen LogP contribution in [0.2, 0.25) is 5.02 Å². The Bertz CT molecular complexity index is 393. The minimum absolute atomic E-state index is 0.292. The molecule has 0 aliphatic heterocycles. The first kappa shape index (κ1) is 13.0. The molecule has 0 saturated heterocycles. The van der Waals surface area contributed by atoms with E-state index in [1.54, 1.807) is 12.1 Å². The zero-order valence-electron chi connectivity index (χ0n) is 10.3. The van der Waals surface area contributed by atoms with Crippen LogP contribution in [0.25, 0.3) is 0 Å². The molecule has 88 valence electrons. The van der Waals surface area contributed by atoms with Gasteiger partial charge in [-0.05, 0) is 57.9 Å². The second kappa shape index (κ2) is 4.46. The highest BCUT2D eigenvalue weighted by Crippen LogP contribution is 2.22. The minimum Gasteiger partial charge on any atom is -0.456 e. The summed E-state index contributed by atoms with van der Waals surface area (Å²) >= 11 is 5.91. The highest BCUT2D eigenvalue weighted by atomic mass is 35.5. The Labute approximate surface area is 102 Å². The van der Waals surface area contributed by atoms with Crippen LogP contribution < -0.4 is 0 Å². The molecule has 2 nitrogen and oxygen atoms in total. The Morgan fingerprint density at radius 2 is 1.62 bits per heavy atom. The molecule has 16 heavy (non-hydrogen) atoms. The van der Waals surface area contributed by atoms with Crippen LogP contribution in [0.3, 0.4) is 0 Å². The average molecular weight is 241 g/mol. The van der Waals surface area contributed by atoms with E-state index in [0.717, 1.165) is 11.1 Å². The van der Waals surface area contributed by atoms with Gasteiger partial charge in [0, 0.05) is 5.02 Å². The zero-order chi connectivity index (χ0) is 12.5. The SMILES string of the molecule is Cc1cc(Cl)cc(C)c1C(=O)OC(C)(C)C. The third-order valence-corrected chi connectivity index (χ3v) is 2.32. The first-order chi connectivity index (χ1) is 7.20. The monoisotopic (exact) mass is 240 g/mol. The molecule has 0 aromatic heterocycles. The lowest BCUT2D eigenvalue weighted by molar-refractivity contribution is 0.00680. The third kappa shape index (κ3) is 3.24. The molecule has 0 saturated carbocycles. The van der Waals surface area contributed by atoms with Gasteiger partial charge < -0.3 is 4.74 Å². The molecule has 0 unspecified atom stereocenters. The number of halogens is 1. The van der Waals surface area contributed by atoms with Crippen LogP contribution in [0.5, 0.6) is 0 Å². The van der Waals surface area contributed by atoms with Crippen molar-refractivity contribution in [3.05, 3.63) is 33.8 Å². The summed E-state index contributed by atoms with van der Waals surface area (Å²) in [5.74, 6) is -0.292. The fourth-order valence-corrected chi connectivity index (χ4v) is 1.89. The molecule has 1 rings (SSSR count). The maximum Gasteiger partial charge on any atom is 0.339 e. The molecule has 3 heteroatoms. The summed E-state index contributed by atoms with van der Waals surface area (Å²) in [6, 6.07) is 3.54. The van der Waals surface area contributed by atoms with Crippen molar-refractivity contribution in [3.63, 3.8) is 0 Å². The van der Waals surface area contributed by atoms with E-state index in [0.29, 0.717) is 10.6 Å². The van der Waals surface area contributed by atoms with E-state index in [1.165, 1.54) is 0 Å². The predicted molar refractivity (Wildman–Crippen MR) is 66.1 cm³/mol. The van der Waals surface area contributed by atoms with Crippen molar-refractivity contribution < 1.29 is 9.53 Å². The molecule has 1 aromatic rings. The number of hydrogen-bond donors (Lipinski definition) is 0. The molecule has 1 aromatic carbocycles. The van der Waals surface area contributed by atoms with Crippen LogP contribution in [-0.2, 0) is 4.74 Å². The molecule has 0 spiro atoms. The van der Waals surface area contributed by atoms with E-state index in [1.807, 2.05) is 34.6 Å². The largest absolute Gasteiger partial charge is 0.456 e. The molecule has 0 heterocycles. The van der Waals surface area contributed by atoms with Gasteiger partial charge in [-0.1, -0.05) is 11.6 Å². The van der Waals surface area contributed by atoms with Gasteiger partial charge in [-0.15, -0.1) is 0 Å². The van der Waals surface area contributed by atoms with Gasteiger partial charge in [0.05, 0.1) is 5.56 Å². The van der Waals surface area contributed by atoms with Crippen LogP contribution in [-0.4, -0.2) is 11.6 Å². The summed E-state index contributed by atoms with van der Waals surface area (Å²) in [5, 5.41) is 0.641. The van der Waals surface area contributed by atoms with E-state index in [4.69, 9.17) is 16.3 Å².